The van der Waals surface area contributed by atoms with E-state index in [0.29, 0.717) is 0 Å². The lowest BCUT2D eigenvalue weighted by atomic mass is 10.1. The van der Waals surface area contributed by atoms with E-state index in [1.54, 1.807) is 0 Å². The van der Waals surface area contributed by atoms with Crippen molar-refractivity contribution < 1.29 is 0 Å². The third-order valence-corrected chi connectivity index (χ3v) is 4.17. The Kier molecular flexibility index (Phi) is 2.66. The van der Waals surface area contributed by atoms with Gasteiger partial charge in [-0.2, -0.15) is 0 Å². The number of aromatic nitrogens is 1. The quantitative estimate of drug-likeness (QED) is 0.891. The van der Waals surface area contributed by atoms with Gasteiger partial charge in [0.05, 0.1) is 5.52 Å². The summed E-state index contributed by atoms with van der Waals surface area (Å²) < 4.78 is 0. The van der Waals surface area contributed by atoms with Crippen LogP contribution in [0.5, 0.6) is 0 Å². The Bertz CT molecular complexity index is 598. The van der Waals surface area contributed by atoms with Crippen LogP contribution in [0.15, 0.2) is 30.3 Å². The van der Waals surface area contributed by atoms with Crippen molar-refractivity contribution in [2.45, 2.75) is 18.8 Å². The number of rotatable bonds is 2. The van der Waals surface area contributed by atoms with Gasteiger partial charge in [-0.3, -0.25) is 4.98 Å². The lowest BCUT2D eigenvalue weighted by Crippen LogP contribution is -2.43. The molecular formula is C16H19N3. The van der Waals surface area contributed by atoms with Gasteiger partial charge < -0.3 is 10.2 Å². The van der Waals surface area contributed by atoms with Crippen molar-refractivity contribution in [3.63, 3.8) is 0 Å². The van der Waals surface area contributed by atoms with Crippen LogP contribution in [0, 0.1) is 0 Å². The summed E-state index contributed by atoms with van der Waals surface area (Å²) in [5.74, 6) is 0.729. The van der Waals surface area contributed by atoms with E-state index in [0.717, 1.165) is 37.6 Å². The van der Waals surface area contributed by atoms with E-state index in [9.17, 15) is 0 Å². The third kappa shape index (κ3) is 2.19. The van der Waals surface area contributed by atoms with Crippen molar-refractivity contribution in [3.05, 3.63) is 36.0 Å². The van der Waals surface area contributed by atoms with Crippen molar-refractivity contribution >= 4 is 16.6 Å². The minimum Gasteiger partial charge on any atom is -0.369 e. The molecule has 1 aliphatic heterocycles. The van der Waals surface area contributed by atoms with Gasteiger partial charge in [-0.15, -0.1) is 0 Å². The molecule has 0 radical (unpaired) electrons. The van der Waals surface area contributed by atoms with Gasteiger partial charge in [-0.25, -0.2) is 0 Å². The first-order valence-corrected chi connectivity index (χ1v) is 7.26. The van der Waals surface area contributed by atoms with Crippen LogP contribution < -0.4 is 10.2 Å². The standard InChI is InChI=1S/C16H19N3/c1-2-12(1)15-6-4-13-3-5-14(11-16(13)18-15)19-9-7-17-8-10-19/h3-6,11-12,17H,1-2,7-10H2. The third-order valence-electron chi connectivity index (χ3n) is 4.17. The van der Waals surface area contributed by atoms with Crippen molar-refractivity contribution in [2.75, 3.05) is 31.1 Å². The molecule has 0 unspecified atom stereocenters. The van der Waals surface area contributed by atoms with Gasteiger partial charge in [-0.05, 0) is 31.0 Å². The minimum absolute atomic E-state index is 0.729. The first kappa shape index (κ1) is 11.2. The zero-order valence-corrected chi connectivity index (χ0v) is 11.1. The van der Waals surface area contributed by atoms with Crippen LogP contribution in [0.3, 0.4) is 0 Å². The molecule has 0 amide bonds. The van der Waals surface area contributed by atoms with Gasteiger partial charge in [0, 0.05) is 48.9 Å². The average Bonchev–Trinajstić information content (AvgIpc) is 3.32. The molecule has 0 bridgehead atoms. The zero-order chi connectivity index (χ0) is 12.7. The highest BCUT2D eigenvalue weighted by Gasteiger charge is 2.24. The first-order valence-electron chi connectivity index (χ1n) is 7.26. The van der Waals surface area contributed by atoms with Gasteiger partial charge in [0.2, 0.25) is 0 Å². The van der Waals surface area contributed by atoms with Crippen LogP contribution in [-0.4, -0.2) is 31.2 Å². The van der Waals surface area contributed by atoms with E-state index in [4.69, 9.17) is 4.98 Å². The number of nitrogens with one attached hydrogen (secondary N) is 1. The van der Waals surface area contributed by atoms with E-state index in [1.807, 2.05) is 0 Å². The Labute approximate surface area is 113 Å². The maximum Gasteiger partial charge on any atom is 0.0726 e. The topological polar surface area (TPSA) is 28.2 Å². The molecule has 1 saturated carbocycles. The van der Waals surface area contributed by atoms with Crippen molar-refractivity contribution in [1.82, 2.24) is 10.3 Å². The number of nitrogens with zero attached hydrogens (tertiary/aromatic N) is 2. The van der Waals surface area contributed by atoms with Crippen LogP contribution in [0.2, 0.25) is 0 Å². The highest BCUT2D eigenvalue weighted by Crippen LogP contribution is 2.39. The first-order chi connectivity index (χ1) is 9.40. The molecule has 1 aromatic heterocycles. The summed E-state index contributed by atoms with van der Waals surface area (Å²) in [6, 6.07) is 11.1. The average molecular weight is 253 g/mol. The Morgan fingerprint density at radius 2 is 1.84 bits per heavy atom. The molecular weight excluding hydrogens is 234 g/mol. The summed E-state index contributed by atoms with van der Waals surface area (Å²) in [4.78, 5) is 7.30. The molecule has 2 aromatic rings. The fraction of sp³-hybridized carbons (Fsp3) is 0.438. The van der Waals surface area contributed by atoms with Crippen LogP contribution in [-0.2, 0) is 0 Å². The zero-order valence-electron chi connectivity index (χ0n) is 11.1. The van der Waals surface area contributed by atoms with E-state index >= 15 is 0 Å². The molecule has 2 fully saturated rings. The van der Waals surface area contributed by atoms with Gasteiger partial charge in [-0.1, -0.05) is 12.1 Å². The van der Waals surface area contributed by atoms with Gasteiger partial charge in [0.25, 0.3) is 0 Å². The Hall–Kier alpha value is -1.61. The second-order valence-electron chi connectivity index (χ2n) is 5.62. The molecule has 1 aromatic carbocycles. The Morgan fingerprint density at radius 1 is 1.05 bits per heavy atom. The molecule has 3 heteroatoms. The van der Waals surface area contributed by atoms with Gasteiger partial charge in [0.1, 0.15) is 0 Å². The van der Waals surface area contributed by atoms with E-state index in [1.165, 1.54) is 29.6 Å². The van der Waals surface area contributed by atoms with Crippen molar-refractivity contribution in [3.8, 4) is 0 Å². The smallest absolute Gasteiger partial charge is 0.0726 e. The van der Waals surface area contributed by atoms with E-state index in [2.05, 4.69) is 40.5 Å². The monoisotopic (exact) mass is 253 g/mol. The van der Waals surface area contributed by atoms with Gasteiger partial charge in [0.15, 0.2) is 0 Å². The summed E-state index contributed by atoms with van der Waals surface area (Å²) in [7, 11) is 0. The maximum absolute atomic E-state index is 4.85. The van der Waals surface area contributed by atoms with Crippen LogP contribution in [0.25, 0.3) is 10.9 Å². The number of pyridine rings is 1. The molecule has 1 saturated heterocycles. The second kappa shape index (κ2) is 4.49. The van der Waals surface area contributed by atoms with Crippen molar-refractivity contribution in [2.24, 2.45) is 0 Å². The van der Waals surface area contributed by atoms with E-state index in [-0.39, 0.29) is 0 Å². The number of piperazine rings is 1. The number of fused-ring (bicyclic) bond motifs is 1. The van der Waals surface area contributed by atoms with E-state index < -0.39 is 0 Å². The number of hydrogen-bond donors (Lipinski definition) is 1. The fourth-order valence-corrected chi connectivity index (χ4v) is 2.85. The molecule has 0 atom stereocenters. The molecule has 3 nitrogen and oxygen atoms in total. The second-order valence-corrected chi connectivity index (χ2v) is 5.62. The fourth-order valence-electron chi connectivity index (χ4n) is 2.85. The molecule has 19 heavy (non-hydrogen) atoms. The number of benzene rings is 1. The lowest BCUT2D eigenvalue weighted by Gasteiger charge is -2.29. The van der Waals surface area contributed by atoms with Crippen molar-refractivity contribution in [1.29, 1.82) is 0 Å². The molecule has 0 spiro atoms. The molecule has 2 heterocycles. The summed E-state index contributed by atoms with van der Waals surface area (Å²) in [6.07, 6.45) is 2.63. The summed E-state index contributed by atoms with van der Waals surface area (Å²) in [5.41, 5.74) is 3.75. The summed E-state index contributed by atoms with van der Waals surface area (Å²) in [5, 5.41) is 4.65. The highest BCUT2D eigenvalue weighted by atomic mass is 15.2. The molecule has 1 N–H and O–H groups in total. The van der Waals surface area contributed by atoms with Crippen LogP contribution in [0.1, 0.15) is 24.5 Å². The highest BCUT2D eigenvalue weighted by molar-refractivity contribution is 5.82. The predicted octanol–water partition coefficient (Wildman–Crippen LogP) is 2.52. The van der Waals surface area contributed by atoms with Gasteiger partial charge >= 0.3 is 0 Å². The largest absolute Gasteiger partial charge is 0.369 e. The lowest BCUT2D eigenvalue weighted by molar-refractivity contribution is 0.589. The maximum atomic E-state index is 4.85. The summed E-state index contributed by atoms with van der Waals surface area (Å²) >= 11 is 0. The normalized spacial score (nSPS) is 19.9. The Morgan fingerprint density at radius 3 is 2.63 bits per heavy atom. The molecule has 4 rings (SSSR count). The molecule has 2 aliphatic rings. The SMILES string of the molecule is c1cc2ccc(C3CC3)nc2cc1N1CCNCC1. The minimum atomic E-state index is 0.729. The molecule has 1 aliphatic carbocycles. The van der Waals surface area contributed by atoms with Crippen LogP contribution >= 0.6 is 0 Å². The predicted molar refractivity (Wildman–Crippen MR) is 78.8 cm³/mol. The van der Waals surface area contributed by atoms with Crippen LogP contribution in [0.4, 0.5) is 5.69 Å². The Balaban J connectivity index is 1.71. The molecule has 98 valence electrons. The summed E-state index contributed by atoms with van der Waals surface area (Å²) in [6.45, 7) is 4.34. The number of hydrogen-bond acceptors (Lipinski definition) is 3. The number of anilines is 1.